The van der Waals surface area contributed by atoms with E-state index in [1.807, 2.05) is 46.8 Å². The van der Waals surface area contributed by atoms with Gasteiger partial charge in [-0.3, -0.25) is 0 Å². The normalized spacial score (nSPS) is 24.2. The Kier molecular flexibility index (Phi) is 4.43. The van der Waals surface area contributed by atoms with Gasteiger partial charge in [0.15, 0.2) is 0 Å². The minimum absolute atomic E-state index is 0.344. The Balaban J connectivity index is 2.44. The van der Waals surface area contributed by atoms with Gasteiger partial charge in [-0.15, -0.1) is 0 Å². The second-order valence-electron chi connectivity index (χ2n) is 6.01. The number of hydrogen-bond acceptors (Lipinski definition) is 4. The van der Waals surface area contributed by atoms with Gasteiger partial charge in [0.25, 0.3) is 0 Å². The molecule has 1 fully saturated rings. The van der Waals surface area contributed by atoms with Crippen LogP contribution >= 0.6 is 22.6 Å². The molecule has 1 aromatic rings. The highest BCUT2D eigenvalue weighted by molar-refractivity contribution is 14.1. The maximum atomic E-state index is 11.9. The van der Waals surface area contributed by atoms with E-state index in [0.29, 0.717) is 5.56 Å². The molecule has 1 aliphatic heterocycles. The lowest BCUT2D eigenvalue weighted by atomic mass is 9.75. The van der Waals surface area contributed by atoms with Gasteiger partial charge >= 0.3 is 13.1 Å². The first kappa shape index (κ1) is 16.8. The molecule has 1 aliphatic rings. The van der Waals surface area contributed by atoms with E-state index in [-0.39, 0.29) is 5.97 Å². The molecular weight excluding hydrogens is 382 g/mol. The molecule has 0 aliphatic carbocycles. The average Bonchev–Trinajstić information content (AvgIpc) is 2.57. The molecule has 0 amide bonds. The second kappa shape index (κ2) is 5.55. The standard InChI is InChI=1S/C15H20BIO4/c1-9-7-10(2)12(8-11(9)13(18)19-6)16-20-14(3,4)15(5,17)21-16/h7-8H,1-6H3. The van der Waals surface area contributed by atoms with Gasteiger partial charge < -0.3 is 14.0 Å². The molecule has 1 atom stereocenters. The van der Waals surface area contributed by atoms with Crippen molar-refractivity contribution in [1.29, 1.82) is 0 Å². The van der Waals surface area contributed by atoms with Crippen molar-refractivity contribution in [2.45, 2.75) is 43.8 Å². The van der Waals surface area contributed by atoms with Gasteiger partial charge in [0.2, 0.25) is 0 Å². The summed E-state index contributed by atoms with van der Waals surface area (Å²) in [7, 11) is 0.903. The fraction of sp³-hybridized carbons (Fsp3) is 0.533. The van der Waals surface area contributed by atoms with Crippen molar-refractivity contribution in [1.82, 2.24) is 0 Å². The third-order valence-electron chi connectivity index (χ3n) is 4.08. The monoisotopic (exact) mass is 402 g/mol. The van der Waals surface area contributed by atoms with Crippen molar-refractivity contribution in [3.05, 3.63) is 28.8 Å². The van der Waals surface area contributed by atoms with Crippen molar-refractivity contribution >= 4 is 41.1 Å². The number of halogens is 1. The summed E-state index contributed by atoms with van der Waals surface area (Å²) in [6.45, 7) is 9.89. The minimum Gasteiger partial charge on any atom is -0.465 e. The number of rotatable bonds is 2. The Labute approximate surface area is 139 Å². The molecule has 0 N–H and O–H groups in total. The minimum atomic E-state index is -0.481. The summed E-state index contributed by atoms with van der Waals surface area (Å²) in [6, 6.07) is 3.78. The number of alkyl halides is 1. The van der Waals surface area contributed by atoms with Gasteiger partial charge in [0.05, 0.1) is 18.3 Å². The van der Waals surface area contributed by atoms with E-state index in [4.69, 9.17) is 14.0 Å². The maximum Gasteiger partial charge on any atom is 0.495 e. The molecule has 21 heavy (non-hydrogen) atoms. The predicted octanol–water partition coefficient (Wildman–Crippen LogP) is 2.76. The summed E-state index contributed by atoms with van der Waals surface area (Å²) in [6.07, 6.45) is 0. The molecule has 2 rings (SSSR count). The quantitative estimate of drug-likeness (QED) is 0.331. The number of methoxy groups -OCH3 is 1. The Morgan fingerprint density at radius 1 is 1.19 bits per heavy atom. The first-order valence-corrected chi connectivity index (χ1v) is 7.91. The highest BCUT2D eigenvalue weighted by Crippen LogP contribution is 2.42. The number of carbonyl (C=O) groups excluding carboxylic acids is 1. The zero-order chi connectivity index (χ0) is 16.0. The van der Waals surface area contributed by atoms with E-state index in [1.165, 1.54) is 7.11 Å². The Morgan fingerprint density at radius 2 is 1.81 bits per heavy atom. The molecule has 0 spiro atoms. The molecule has 1 heterocycles. The Bertz CT molecular complexity index is 567. The van der Waals surface area contributed by atoms with E-state index in [9.17, 15) is 4.79 Å². The summed E-state index contributed by atoms with van der Waals surface area (Å²) in [4.78, 5) is 11.9. The van der Waals surface area contributed by atoms with Crippen molar-refractivity contribution in [3.63, 3.8) is 0 Å². The largest absolute Gasteiger partial charge is 0.495 e. The van der Waals surface area contributed by atoms with Gasteiger partial charge in [-0.25, -0.2) is 4.79 Å². The van der Waals surface area contributed by atoms with Gasteiger partial charge in [0.1, 0.15) is 3.61 Å². The second-order valence-corrected chi connectivity index (χ2v) is 8.07. The lowest BCUT2D eigenvalue weighted by molar-refractivity contribution is 0.0600. The van der Waals surface area contributed by atoms with Crippen molar-refractivity contribution in [2.75, 3.05) is 7.11 Å². The van der Waals surface area contributed by atoms with E-state index >= 15 is 0 Å². The first-order chi connectivity index (χ1) is 9.59. The Hall–Kier alpha value is -0.595. The van der Waals surface area contributed by atoms with Crippen LogP contribution in [0.4, 0.5) is 0 Å². The number of carbonyl (C=O) groups is 1. The van der Waals surface area contributed by atoms with E-state index in [1.54, 1.807) is 0 Å². The molecule has 0 radical (unpaired) electrons. The van der Waals surface area contributed by atoms with Crippen LogP contribution in [0.1, 0.15) is 42.3 Å². The smallest absolute Gasteiger partial charge is 0.465 e. The summed E-state index contributed by atoms with van der Waals surface area (Å²) in [5, 5.41) is 0. The number of ether oxygens (including phenoxy) is 1. The van der Waals surface area contributed by atoms with Gasteiger partial charge in [-0.05, 0) is 74.3 Å². The average molecular weight is 402 g/mol. The van der Waals surface area contributed by atoms with Gasteiger partial charge in [-0.1, -0.05) is 11.6 Å². The zero-order valence-electron chi connectivity index (χ0n) is 13.2. The zero-order valence-corrected chi connectivity index (χ0v) is 15.4. The van der Waals surface area contributed by atoms with Gasteiger partial charge in [-0.2, -0.15) is 0 Å². The third kappa shape index (κ3) is 2.98. The third-order valence-corrected chi connectivity index (χ3v) is 5.63. The van der Waals surface area contributed by atoms with Crippen LogP contribution in [0.15, 0.2) is 12.1 Å². The molecule has 6 heteroatoms. The van der Waals surface area contributed by atoms with Crippen LogP contribution in [0.25, 0.3) is 0 Å². The molecule has 0 saturated carbocycles. The van der Waals surface area contributed by atoms with Gasteiger partial charge in [0, 0.05) is 0 Å². The number of benzene rings is 1. The summed E-state index contributed by atoms with van der Waals surface area (Å²) in [5.41, 5.74) is 2.92. The highest BCUT2D eigenvalue weighted by Gasteiger charge is 2.53. The predicted molar refractivity (Wildman–Crippen MR) is 91.3 cm³/mol. The number of aryl methyl sites for hydroxylation is 2. The lowest BCUT2D eigenvalue weighted by Gasteiger charge is -2.30. The molecule has 1 unspecified atom stereocenters. The molecular formula is C15H20BIO4. The first-order valence-electron chi connectivity index (χ1n) is 6.83. The van der Waals surface area contributed by atoms with Crippen LogP contribution in [0.2, 0.25) is 0 Å². The fourth-order valence-corrected chi connectivity index (χ4v) is 2.68. The highest BCUT2D eigenvalue weighted by atomic mass is 127. The fourth-order valence-electron chi connectivity index (χ4n) is 2.32. The van der Waals surface area contributed by atoms with Crippen molar-refractivity contribution < 1.29 is 18.8 Å². The number of hydrogen-bond donors (Lipinski definition) is 0. The molecule has 0 aromatic heterocycles. The van der Waals surface area contributed by atoms with Crippen molar-refractivity contribution in [2.24, 2.45) is 0 Å². The molecule has 1 saturated heterocycles. The van der Waals surface area contributed by atoms with Crippen LogP contribution < -0.4 is 5.46 Å². The Morgan fingerprint density at radius 3 is 2.29 bits per heavy atom. The topological polar surface area (TPSA) is 44.8 Å². The van der Waals surface area contributed by atoms with E-state index in [2.05, 4.69) is 22.6 Å². The van der Waals surface area contributed by atoms with Crippen LogP contribution in [0, 0.1) is 13.8 Å². The van der Waals surface area contributed by atoms with E-state index < -0.39 is 16.3 Å². The number of esters is 1. The molecule has 4 nitrogen and oxygen atoms in total. The van der Waals surface area contributed by atoms with Crippen LogP contribution in [-0.4, -0.2) is 29.4 Å². The summed E-state index contributed by atoms with van der Waals surface area (Å²) in [5.74, 6) is -0.344. The van der Waals surface area contributed by atoms with Crippen molar-refractivity contribution in [3.8, 4) is 0 Å². The summed E-state index contributed by atoms with van der Waals surface area (Å²) < 4.78 is 16.5. The maximum absolute atomic E-state index is 11.9. The lowest BCUT2D eigenvalue weighted by Crippen LogP contribution is -2.38. The molecule has 114 valence electrons. The SMILES string of the molecule is COC(=O)c1cc(B2OC(C)(C)C(C)(I)O2)c(C)cc1C. The van der Waals surface area contributed by atoms with Crippen LogP contribution in [-0.2, 0) is 14.0 Å². The van der Waals surface area contributed by atoms with E-state index in [0.717, 1.165) is 16.6 Å². The molecule has 0 bridgehead atoms. The van der Waals surface area contributed by atoms with Crippen LogP contribution in [0.5, 0.6) is 0 Å². The summed E-state index contributed by atoms with van der Waals surface area (Å²) >= 11 is 2.26. The van der Waals surface area contributed by atoms with Crippen LogP contribution in [0.3, 0.4) is 0 Å². The molecule has 1 aromatic carbocycles.